The molecule has 154 valence electrons. The van der Waals surface area contributed by atoms with Gasteiger partial charge in [-0.2, -0.15) is 21.6 Å². The molecule has 1 aromatic heterocycles. The van der Waals surface area contributed by atoms with Gasteiger partial charge < -0.3 is 8.60 Å². The van der Waals surface area contributed by atoms with Crippen LogP contribution in [0.1, 0.15) is 25.0 Å². The maximum Gasteiger partial charge on any atom is 0.534 e. The fourth-order valence-electron chi connectivity index (χ4n) is 4.27. The molecule has 0 aliphatic heterocycles. The Balaban J connectivity index is 1.82. The van der Waals surface area contributed by atoms with Gasteiger partial charge in [0.25, 0.3) is 0 Å². The van der Waals surface area contributed by atoms with E-state index >= 15 is 0 Å². The SMILES string of the molecule is CC1(C)c2ccccc2-c2c1ccc1c2oc2cccc(OS(=O)(=O)C(F)(F)F)c21. The lowest BCUT2D eigenvalue weighted by atomic mass is 9.82. The van der Waals surface area contributed by atoms with E-state index in [1.807, 2.05) is 30.3 Å². The summed E-state index contributed by atoms with van der Waals surface area (Å²) < 4.78 is 72.2. The van der Waals surface area contributed by atoms with Gasteiger partial charge in [-0.05, 0) is 34.9 Å². The predicted molar refractivity (Wildman–Crippen MR) is 107 cm³/mol. The topological polar surface area (TPSA) is 56.5 Å². The average molecular weight is 432 g/mol. The highest BCUT2D eigenvalue weighted by Gasteiger charge is 2.49. The molecule has 30 heavy (non-hydrogen) atoms. The quantitative estimate of drug-likeness (QED) is 0.283. The van der Waals surface area contributed by atoms with Crippen molar-refractivity contribution < 1.29 is 30.2 Å². The third kappa shape index (κ3) is 2.43. The molecule has 0 radical (unpaired) electrons. The number of alkyl halides is 3. The Hall–Kier alpha value is -3.00. The molecule has 8 heteroatoms. The average Bonchev–Trinajstić information content (AvgIpc) is 3.15. The summed E-state index contributed by atoms with van der Waals surface area (Å²) >= 11 is 0. The van der Waals surface area contributed by atoms with Gasteiger partial charge in [-0.15, -0.1) is 0 Å². The van der Waals surface area contributed by atoms with Gasteiger partial charge in [0.1, 0.15) is 11.2 Å². The minimum absolute atomic E-state index is 0.185. The lowest BCUT2D eigenvalue weighted by Crippen LogP contribution is -2.28. The van der Waals surface area contributed by atoms with E-state index < -0.39 is 21.4 Å². The van der Waals surface area contributed by atoms with E-state index in [1.54, 1.807) is 12.1 Å². The molecular weight excluding hydrogens is 417 g/mol. The minimum atomic E-state index is -5.81. The number of hydrogen-bond acceptors (Lipinski definition) is 4. The van der Waals surface area contributed by atoms with Gasteiger partial charge >= 0.3 is 15.6 Å². The van der Waals surface area contributed by atoms with E-state index in [2.05, 4.69) is 18.0 Å². The van der Waals surface area contributed by atoms with Crippen LogP contribution in [0.3, 0.4) is 0 Å². The van der Waals surface area contributed by atoms with Gasteiger partial charge in [-0.25, -0.2) is 0 Å². The number of rotatable bonds is 2. The lowest BCUT2D eigenvalue weighted by molar-refractivity contribution is -0.0499. The molecule has 0 saturated heterocycles. The molecule has 1 heterocycles. The van der Waals surface area contributed by atoms with Crippen LogP contribution < -0.4 is 4.18 Å². The van der Waals surface area contributed by atoms with Gasteiger partial charge in [0.15, 0.2) is 5.75 Å². The highest BCUT2D eigenvalue weighted by Crippen LogP contribution is 2.53. The fourth-order valence-corrected chi connectivity index (χ4v) is 4.74. The van der Waals surface area contributed by atoms with Gasteiger partial charge in [0.2, 0.25) is 0 Å². The third-order valence-electron chi connectivity index (χ3n) is 5.65. The van der Waals surface area contributed by atoms with Crippen LogP contribution in [0, 0.1) is 0 Å². The Morgan fingerprint density at radius 1 is 0.933 bits per heavy atom. The molecule has 4 nitrogen and oxygen atoms in total. The summed E-state index contributed by atoms with van der Waals surface area (Å²) in [4.78, 5) is 0. The Morgan fingerprint density at radius 2 is 1.67 bits per heavy atom. The first kappa shape index (κ1) is 19.0. The van der Waals surface area contributed by atoms with Crippen molar-refractivity contribution in [3.05, 3.63) is 65.7 Å². The summed E-state index contributed by atoms with van der Waals surface area (Å²) in [6, 6.07) is 15.7. The second-order valence-corrected chi connectivity index (χ2v) is 9.29. The van der Waals surface area contributed by atoms with Crippen LogP contribution >= 0.6 is 0 Å². The Labute approximate surface area is 170 Å². The largest absolute Gasteiger partial charge is 0.534 e. The number of benzene rings is 3. The molecule has 0 fully saturated rings. The zero-order valence-electron chi connectivity index (χ0n) is 15.9. The van der Waals surface area contributed by atoms with Gasteiger partial charge in [0.05, 0.1) is 5.39 Å². The maximum atomic E-state index is 12.9. The highest BCUT2D eigenvalue weighted by molar-refractivity contribution is 7.88. The zero-order chi connectivity index (χ0) is 21.5. The van der Waals surface area contributed by atoms with Crippen LogP contribution in [0.25, 0.3) is 33.1 Å². The molecule has 0 spiro atoms. The number of fused-ring (bicyclic) bond motifs is 7. The zero-order valence-corrected chi connectivity index (χ0v) is 16.7. The molecule has 0 atom stereocenters. The molecular formula is C22H15F3O4S. The fraction of sp³-hybridized carbons (Fsp3) is 0.182. The van der Waals surface area contributed by atoms with Crippen molar-refractivity contribution >= 4 is 32.1 Å². The van der Waals surface area contributed by atoms with Crippen molar-refractivity contribution in [3.63, 3.8) is 0 Å². The molecule has 3 aromatic carbocycles. The second-order valence-electron chi connectivity index (χ2n) is 7.75. The molecule has 0 amide bonds. The van der Waals surface area contributed by atoms with E-state index in [4.69, 9.17) is 4.42 Å². The maximum absolute atomic E-state index is 12.9. The van der Waals surface area contributed by atoms with Crippen molar-refractivity contribution in [1.29, 1.82) is 0 Å². The lowest BCUT2D eigenvalue weighted by Gasteiger charge is -2.21. The van der Waals surface area contributed by atoms with E-state index in [9.17, 15) is 21.6 Å². The van der Waals surface area contributed by atoms with E-state index in [1.165, 1.54) is 12.1 Å². The molecule has 0 N–H and O–H groups in total. The van der Waals surface area contributed by atoms with Crippen molar-refractivity contribution in [1.82, 2.24) is 0 Å². The Morgan fingerprint density at radius 3 is 2.40 bits per heavy atom. The van der Waals surface area contributed by atoms with Gasteiger partial charge in [0, 0.05) is 16.4 Å². The first-order valence-electron chi connectivity index (χ1n) is 9.12. The standard InChI is InChI=1S/C22H15F3O4S/c1-21(2)14-7-4-3-6-12(14)18-15(21)11-10-13-19-16(28-20(13)18)8-5-9-17(19)29-30(26,27)22(23,24)25/h3-11H,1-2H3. The Bertz CT molecular complexity index is 1450. The van der Waals surface area contributed by atoms with Crippen LogP contribution in [0.5, 0.6) is 5.75 Å². The summed E-state index contributed by atoms with van der Waals surface area (Å²) in [5.74, 6) is -0.422. The smallest absolute Gasteiger partial charge is 0.455 e. The van der Waals surface area contributed by atoms with Crippen LogP contribution in [0.4, 0.5) is 13.2 Å². The first-order chi connectivity index (χ1) is 14.0. The van der Waals surface area contributed by atoms with Gasteiger partial charge in [-0.3, -0.25) is 0 Å². The van der Waals surface area contributed by atoms with Crippen LogP contribution in [0.2, 0.25) is 0 Å². The molecule has 0 saturated carbocycles. The summed E-state index contributed by atoms with van der Waals surface area (Å²) in [6.45, 7) is 4.19. The molecule has 0 unspecified atom stereocenters. The normalized spacial score (nSPS) is 15.4. The number of hydrogen-bond donors (Lipinski definition) is 0. The van der Waals surface area contributed by atoms with E-state index in [-0.39, 0.29) is 16.4 Å². The van der Waals surface area contributed by atoms with Crippen molar-refractivity contribution in [2.45, 2.75) is 24.8 Å². The van der Waals surface area contributed by atoms with Crippen molar-refractivity contribution in [3.8, 4) is 16.9 Å². The summed E-state index contributed by atoms with van der Waals surface area (Å²) in [6.07, 6.45) is 0. The van der Waals surface area contributed by atoms with Crippen LogP contribution in [-0.4, -0.2) is 13.9 Å². The molecule has 0 bridgehead atoms. The predicted octanol–water partition coefficient (Wildman–Crippen LogP) is 6.12. The van der Waals surface area contributed by atoms with Crippen LogP contribution in [0.15, 0.2) is 59.0 Å². The molecule has 1 aliphatic rings. The van der Waals surface area contributed by atoms with Crippen LogP contribution in [-0.2, 0) is 15.5 Å². The Kier molecular flexibility index (Phi) is 3.66. The third-order valence-corrected chi connectivity index (χ3v) is 6.62. The van der Waals surface area contributed by atoms with Crippen molar-refractivity contribution in [2.75, 3.05) is 0 Å². The summed E-state index contributed by atoms with van der Waals surface area (Å²) in [5.41, 5.74) is -1.10. The van der Waals surface area contributed by atoms with Crippen molar-refractivity contribution in [2.24, 2.45) is 0 Å². The van der Waals surface area contributed by atoms with Gasteiger partial charge in [-0.1, -0.05) is 50.2 Å². The molecule has 1 aliphatic carbocycles. The second kappa shape index (κ2) is 5.78. The molecule has 4 aromatic rings. The van der Waals surface area contributed by atoms with E-state index in [0.29, 0.717) is 11.0 Å². The minimum Gasteiger partial charge on any atom is -0.455 e. The number of halogens is 3. The number of furan rings is 1. The van der Waals surface area contributed by atoms with E-state index in [0.717, 1.165) is 22.3 Å². The monoisotopic (exact) mass is 432 g/mol. The molecule has 5 rings (SSSR count). The highest BCUT2D eigenvalue weighted by atomic mass is 32.2. The summed E-state index contributed by atoms with van der Waals surface area (Å²) in [5, 5.41) is 0.675. The summed E-state index contributed by atoms with van der Waals surface area (Å²) in [7, 11) is -5.81. The first-order valence-corrected chi connectivity index (χ1v) is 10.5.